The SMILES string of the molecule is COc1cc([N+](=O)[O-])ccc1NC(=S)N1CCN(Cc2ccco2)CC1. The van der Waals surface area contributed by atoms with Crippen LogP contribution in [0.3, 0.4) is 0 Å². The van der Waals surface area contributed by atoms with Crippen molar-refractivity contribution in [1.29, 1.82) is 0 Å². The van der Waals surface area contributed by atoms with Crippen LogP contribution in [0.15, 0.2) is 41.0 Å². The second kappa shape index (κ2) is 8.15. The number of nitrogens with zero attached hydrogens (tertiary/aromatic N) is 3. The number of hydrogen-bond donors (Lipinski definition) is 1. The predicted octanol–water partition coefficient (Wildman–Crippen LogP) is 2.71. The number of ether oxygens (including phenoxy) is 1. The Morgan fingerprint density at radius 1 is 1.35 bits per heavy atom. The topological polar surface area (TPSA) is 84.0 Å². The van der Waals surface area contributed by atoms with Gasteiger partial charge in [-0.1, -0.05) is 0 Å². The van der Waals surface area contributed by atoms with Gasteiger partial charge in [-0.25, -0.2) is 0 Å². The molecule has 26 heavy (non-hydrogen) atoms. The number of methoxy groups -OCH3 is 1. The molecule has 1 fully saturated rings. The van der Waals surface area contributed by atoms with Gasteiger partial charge in [0.25, 0.3) is 5.69 Å². The molecule has 1 aliphatic heterocycles. The average molecular weight is 376 g/mol. The second-order valence-electron chi connectivity index (χ2n) is 5.91. The number of anilines is 1. The summed E-state index contributed by atoms with van der Waals surface area (Å²) in [6.45, 7) is 4.13. The Labute approximate surface area is 156 Å². The van der Waals surface area contributed by atoms with E-state index in [0.717, 1.165) is 38.5 Å². The molecule has 138 valence electrons. The molecule has 0 bridgehead atoms. The molecule has 3 rings (SSSR count). The first-order valence-corrected chi connectivity index (χ1v) is 8.61. The molecule has 1 aromatic carbocycles. The summed E-state index contributed by atoms with van der Waals surface area (Å²) >= 11 is 5.49. The zero-order chi connectivity index (χ0) is 18.5. The molecule has 0 saturated carbocycles. The molecular weight excluding hydrogens is 356 g/mol. The minimum absolute atomic E-state index is 0.0233. The molecule has 8 nitrogen and oxygen atoms in total. The molecule has 0 radical (unpaired) electrons. The lowest BCUT2D eigenvalue weighted by Gasteiger charge is -2.35. The van der Waals surface area contributed by atoms with Gasteiger partial charge in [0.15, 0.2) is 5.11 Å². The van der Waals surface area contributed by atoms with Crippen molar-refractivity contribution in [2.75, 3.05) is 38.6 Å². The molecule has 1 N–H and O–H groups in total. The van der Waals surface area contributed by atoms with E-state index in [1.54, 1.807) is 12.3 Å². The van der Waals surface area contributed by atoms with Crippen LogP contribution in [0.4, 0.5) is 11.4 Å². The third-order valence-electron chi connectivity index (χ3n) is 4.26. The number of nitro groups is 1. The van der Waals surface area contributed by atoms with Crippen LogP contribution < -0.4 is 10.1 Å². The first kappa shape index (κ1) is 18.2. The van der Waals surface area contributed by atoms with Crippen LogP contribution in [0, 0.1) is 10.1 Å². The van der Waals surface area contributed by atoms with E-state index in [2.05, 4.69) is 15.1 Å². The van der Waals surface area contributed by atoms with Crippen molar-refractivity contribution in [3.63, 3.8) is 0 Å². The van der Waals surface area contributed by atoms with Crippen LogP contribution in [0.25, 0.3) is 0 Å². The summed E-state index contributed by atoms with van der Waals surface area (Å²) in [7, 11) is 1.47. The Balaban J connectivity index is 1.56. The van der Waals surface area contributed by atoms with Gasteiger partial charge in [-0.05, 0) is 30.4 Å². The number of rotatable bonds is 5. The van der Waals surface area contributed by atoms with Gasteiger partial charge in [-0.3, -0.25) is 15.0 Å². The fourth-order valence-corrected chi connectivity index (χ4v) is 3.12. The van der Waals surface area contributed by atoms with Crippen LogP contribution in [0.2, 0.25) is 0 Å². The number of nitrogens with one attached hydrogen (secondary N) is 1. The van der Waals surface area contributed by atoms with Gasteiger partial charge in [-0.2, -0.15) is 0 Å². The monoisotopic (exact) mass is 376 g/mol. The molecule has 2 aromatic rings. The number of benzene rings is 1. The van der Waals surface area contributed by atoms with Crippen LogP contribution in [-0.2, 0) is 6.54 Å². The summed E-state index contributed by atoms with van der Waals surface area (Å²) in [5, 5.41) is 14.6. The number of furan rings is 1. The van der Waals surface area contributed by atoms with E-state index >= 15 is 0 Å². The van der Waals surface area contributed by atoms with Gasteiger partial charge in [-0.15, -0.1) is 0 Å². The molecule has 2 heterocycles. The van der Waals surface area contributed by atoms with E-state index in [-0.39, 0.29) is 5.69 Å². The Morgan fingerprint density at radius 3 is 2.73 bits per heavy atom. The van der Waals surface area contributed by atoms with Gasteiger partial charge in [0.1, 0.15) is 11.5 Å². The molecule has 0 aliphatic carbocycles. The summed E-state index contributed by atoms with van der Waals surface area (Å²) in [5.41, 5.74) is 0.589. The minimum Gasteiger partial charge on any atom is -0.494 e. The Bertz CT molecular complexity index is 773. The predicted molar refractivity (Wildman–Crippen MR) is 101 cm³/mol. The van der Waals surface area contributed by atoms with Crippen molar-refractivity contribution in [2.24, 2.45) is 0 Å². The smallest absolute Gasteiger partial charge is 0.273 e. The summed E-state index contributed by atoms with van der Waals surface area (Å²) in [6, 6.07) is 8.28. The van der Waals surface area contributed by atoms with Gasteiger partial charge in [0.2, 0.25) is 0 Å². The van der Waals surface area contributed by atoms with E-state index in [1.807, 2.05) is 12.1 Å². The molecule has 0 atom stereocenters. The molecule has 0 unspecified atom stereocenters. The molecule has 1 saturated heterocycles. The molecule has 1 aromatic heterocycles. The fourth-order valence-electron chi connectivity index (χ4n) is 2.82. The van der Waals surface area contributed by atoms with E-state index in [1.165, 1.54) is 19.2 Å². The molecule has 0 amide bonds. The average Bonchev–Trinajstić information content (AvgIpc) is 3.15. The van der Waals surface area contributed by atoms with Crippen LogP contribution >= 0.6 is 12.2 Å². The maximum Gasteiger partial charge on any atom is 0.273 e. The zero-order valence-corrected chi connectivity index (χ0v) is 15.2. The van der Waals surface area contributed by atoms with Gasteiger partial charge < -0.3 is 19.4 Å². The van der Waals surface area contributed by atoms with Crippen molar-refractivity contribution in [2.45, 2.75) is 6.54 Å². The van der Waals surface area contributed by atoms with Crippen LogP contribution in [-0.4, -0.2) is 53.1 Å². The number of thiocarbonyl (C=S) groups is 1. The minimum atomic E-state index is -0.455. The first-order chi connectivity index (χ1) is 12.6. The largest absolute Gasteiger partial charge is 0.494 e. The van der Waals surface area contributed by atoms with E-state index in [9.17, 15) is 10.1 Å². The standard InChI is InChI=1S/C17H20N4O4S/c1-24-16-11-13(21(22)23)4-5-15(16)18-17(26)20-8-6-19(7-9-20)12-14-3-2-10-25-14/h2-5,10-11H,6-9,12H2,1H3,(H,18,26). The lowest BCUT2D eigenvalue weighted by atomic mass is 10.2. The Morgan fingerprint density at radius 2 is 2.12 bits per heavy atom. The molecule has 9 heteroatoms. The lowest BCUT2D eigenvalue weighted by Crippen LogP contribution is -2.49. The summed E-state index contributed by atoms with van der Waals surface area (Å²) in [4.78, 5) is 14.8. The van der Waals surface area contributed by atoms with Crippen LogP contribution in [0.5, 0.6) is 5.75 Å². The van der Waals surface area contributed by atoms with Gasteiger partial charge in [0.05, 0.1) is 36.6 Å². The Kier molecular flexibility index (Phi) is 5.69. The van der Waals surface area contributed by atoms with Crippen LogP contribution in [0.1, 0.15) is 5.76 Å². The van der Waals surface area contributed by atoms with Crippen molar-refractivity contribution < 1.29 is 14.1 Å². The van der Waals surface area contributed by atoms with E-state index in [0.29, 0.717) is 16.5 Å². The summed E-state index contributed by atoms with van der Waals surface area (Å²) in [5.74, 6) is 1.34. The third kappa shape index (κ3) is 4.30. The quantitative estimate of drug-likeness (QED) is 0.484. The highest BCUT2D eigenvalue weighted by Crippen LogP contribution is 2.29. The van der Waals surface area contributed by atoms with Crippen molar-refractivity contribution in [3.8, 4) is 5.75 Å². The van der Waals surface area contributed by atoms with Crippen molar-refractivity contribution in [3.05, 3.63) is 52.5 Å². The number of piperazine rings is 1. The maximum atomic E-state index is 10.9. The number of nitro benzene ring substituents is 1. The second-order valence-corrected chi connectivity index (χ2v) is 6.30. The Hall–Kier alpha value is -2.65. The summed E-state index contributed by atoms with van der Waals surface area (Å²) in [6.07, 6.45) is 1.68. The van der Waals surface area contributed by atoms with Crippen molar-refractivity contribution >= 4 is 28.7 Å². The van der Waals surface area contributed by atoms with Gasteiger partial charge >= 0.3 is 0 Å². The highest BCUT2D eigenvalue weighted by atomic mass is 32.1. The normalized spacial score (nSPS) is 14.9. The third-order valence-corrected chi connectivity index (χ3v) is 4.62. The molecular formula is C17H20N4O4S. The van der Waals surface area contributed by atoms with Gasteiger partial charge in [0, 0.05) is 32.2 Å². The molecule has 1 aliphatic rings. The summed E-state index contributed by atoms with van der Waals surface area (Å²) < 4.78 is 10.6. The fraction of sp³-hybridized carbons (Fsp3) is 0.353. The lowest BCUT2D eigenvalue weighted by molar-refractivity contribution is -0.384. The first-order valence-electron chi connectivity index (χ1n) is 8.20. The highest BCUT2D eigenvalue weighted by Gasteiger charge is 2.21. The molecule has 0 spiro atoms. The maximum absolute atomic E-state index is 10.9. The highest BCUT2D eigenvalue weighted by molar-refractivity contribution is 7.80. The van der Waals surface area contributed by atoms with E-state index < -0.39 is 4.92 Å². The van der Waals surface area contributed by atoms with Crippen molar-refractivity contribution in [1.82, 2.24) is 9.80 Å². The van der Waals surface area contributed by atoms with E-state index in [4.69, 9.17) is 21.4 Å². The number of non-ortho nitro benzene ring substituents is 1. The zero-order valence-electron chi connectivity index (χ0n) is 14.4. The number of hydrogen-bond acceptors (Lipinski definition) is 6.